The average molecular weight is 524 g/mol. The number of benzene rings is 2. The summed E-state index contributed by atoms with van der Waals surface area (Å²) in [7, 11) is 0. The molecule has 11 heteroatoms. The Morgan fingerprint density at radius 2 is 1.84 bits per heavy atom. The molecule has 9 nitrogen and oxygen atoms in total. The van der Waals surface area contributed by atoms with Crippen LogP contribution in [-0.4, -0.2) is 47.6 Å². The van der Waals surface area contributed by atoms with Crippen LogP contribution < -0.4 is 26.5 Å². The third-order valence-electron chi connectivity index (χ3n) is 6.71. The quantitative estimate of drug-likeness (QED) is 0.361. The van der Waals surface area contributed by atoms with Crippen molar-refractivity contribution in [3.63, 3.8) is 0 Å². The average Bonchev–Trinajstić information content (AvgIpc) is 3.19. The zero-order chi connectivity index (χ0) is 27.7. The van der Waals surface area contributed by atoms with Gasteiger partial charge in [0.1, 0.15) is 11.4 Å². The van der Waals surface area contributed by atoms with Gasteiger partial charge in [-0.25, -0.2) is 8.78 Å². The van der Waals surface area contributed by atoms with Gasteiger partial charge in [-0.15, -0.1) is 0 Å². The number of hydrazone groups is 1. The molecule has 0 unspecified atom stereocenters. The van der Waals surface area contributed by atoms with E-state index in [0.717, 1.165) is 35.1 Å². The van der Waals surface area contributed by atoms with E-state index >= 15 is 0 Å². The van der Waals surface area contributed by atoms with Crippen molar-refractivity contribution in [2.75, 3.05) is 28.3 Å². The zero-order valence-corrected chi connectivity index (χ0v) is 21.8. The summed E-state index contributed by atoms with van der Waals surface area (Å²) in [5.41, 5.74) is 7.66. The van der Waals surface area contributed by atoms with Gasteiger partial charge in [0.25, 0.3) is 11.5 Å². The highest BCUT2D eigenvalue weighted by atomic mass is 19.1. The molecular weight excluding hydrogens is 492 g/mol. The number of para-hydroxylation sites is 1. The van der Waals surface area contributed by atoms with E-state index in [1.165, 1.54) is 12.1 Å². The van der Waals surface area contributed by atoms with Gasteiger partial charge in [-0.1, -0.05) is 13.0 Å². The first-order valence-corrected chi connectivity index (χ1v) is 12.3. The molecule has 3 aromatic rings. The monoisotopic (exact) mass is 523 g/mol. The number of aromatic nitrogens is 2. The molecule has 200 valence electrons. The van der Waals surface area contributed by atoms with E-state index in [0.29, 0.717) is 23.5 Å². The van der Waals surface area contributed by atoms with Gasteiger partial charge in [-0.05, 0) is 62.6 Å². The van der Waals surface area contributed by atoms with Crippen LogP contribution >= 0.6 is 0 Å². The van der Waals surface area contributed by atoms with Crippen LogP contribution in [0.2, 0.25) is 0 Å². The number of nitrogens with one attached hydrogen (secondary N) is 1. The van der Waals surface area contributed by atoms with Gasteiger partial charge in [-0.3, -0.25) is 14.6 Å². The van der Waals surface area contributed by atoms with Gasteiger partial charge < -0.3 is 16.0 Å². The van der Waals surface area contributed by atoms with E-state index in [1.807, 2.05) is 26.8 Å². The Hall–Kier alpha value is -4.12. The number of carbonyl (C=O) groups excluding carboxylic acids is 1. The third kappa shape index (κ3) is 5.01. The summed E-state index contributed by atoms with van der Waals surface area (Å²) in [6, 6.07) is 9.06. The molecule has 2 heterocycles. The summed E-state index contributed by atoms with van der Waals surface area (Å²) in [6.07, 6.45) is 0. The smallest absolute Gasteiger partial charge is 0.276 e. The van der Waals surface area contributed by atoms with Gasteiger partial charge in [-0.2, -0.15) is 14.9 Å². The first-order valence-electron chi connectivity index (χ1n) is 12.3. The summed E-state index contributed by atoms with van der Waals surface area (Å²) in [5, 5.41) is 12.8. The summed E-state index contributed by atoms with van der Waals surface area (Å²) in [6.45, 7) is 13.0. The molecule has 1 aliphatic heterocycles. The lowest BCUT2D eigenvalue weighted by Gasteiger charge is -2.30. The fraction of sp³-hybridized carbons (Fsp3) is 0.333. The normalized spacial score (nSPS) is 17.1. The molecule has 2 aromatic carbocycles. The van der Waals surface area contributed by atoms with Crippen molar-refractivity contribution in [2.24, 2.45) is 16.8 Å². The Morgan fingerprint density at radius 3 is 2.42 bits per heavy atom. The number of hydrogen-bond acceptors (Lipinski definition) is 7. The number of amides is 1. The zero-order valence-electron chi connectivity index (χ0n) is 21.8. The van der Waals surface area contributed by atoms with E-state index in [4.69, 9.17) is 5.73 Å². The molecule has 1 amide bonds. The summed E-state index contributed by atoms with van der Waals surface area (Å²) >= 11 is 0. The van der Waals surface area contributed by atoms with E-state index in [1.54, 1.807) is 11.1 Å². The molecule has 1 saturated heterocycles. The fourth-order valence-electron chi connectivity index (χ4n) is 4.71. The van der Waals surface area contributed by atoms with Crippen LogP contribution in [0.4, 0.5) is 25.8 Å². The molecule has 0 aliphatic carbocycles. The Morgan fingerprint density at radius 1 is 1.16 bits per heavy atom. The largest absolute Gasteiger partial charge is 0.368 e. The summed E-state index contributed by atoms with van der Waals surface area (Å²) in [5.74, 6) is -2.37. The number of rotatable bonds is 7. The van der Waals surface area contributed by atoms with Crippen molar-refractivity contribution < 1.29 is 13.6 Å². The van der Waals surface area contributed by atoms with Gasteiger partial charge in [0, 0.05) is 38.0 Å². The lowest BCUT2D eigenvalue weighted by atomic mass is 10.1. The second-order valence-electron chi connectivity index (χ2n) is 9.72. The van der Waals surface area contributed by atoms with Crippen LogP contribution in [0.25, 0.3) is 5.69 Å². The van der Waals surface area contributed by atoms with Gasteiger partial charge in [0.2, 0.25) is 0 Å². The first kappa shape index (κ1) is 26.9. The minimum Gasteiger partial charge on any atom is -0.368 e. The molecule has 0 bridgehead atoms. The molecule has 3 N–H and O–H groups in total. The van der Waals surface area contributed by atoms with Crippen molar-refractivity contribution in [2.45, 2.75) is 39.8 Å². The van der Waals surface area contributed by atoms with Crippen LogP contribution in [0.15, 0.2) is 52.4 Å². The lowest BCUT2D eigenvalue weighted by Crippen LogP contribution is -2.30. The van der Waals surface area contributed by atoms with Crippen molar-refractivity contribution in [3.05, 3.63) is 75.7 Å². The third-order valence-corrected chi connectivity index (χ3v) is 6.71. The van der Waals surface area contributed by atoms with Crippen LogP contribution in [0, 0.1) is 24.5 Å². The van der Waals surface area contributed by atoms with Crippen LogP contribution in [0.3, 0.4) is 0 Å². The summed E-state index contributed by atoms with van der Waals surface area (Å²) < 4.78 is 29.2. The molecule has 2 atom stereocenters. The SMILES string of the molecule is C=NN(c1ccc(NC(=O)c2ccc(=O)n(-c3c(F)cccc3F)n2)c(N2C[C@@H](C)[C@@H](N)C2)c1C)C(C)C. The molecule has 0 spiro atoms. The van der Waals surface area contributed by atoms with Crippen LogP contribution in [0.5, 0.6) is 0 Å². The van der Waals surface area contributed by atoms with Crippen LogP contribution in [0.1, 0.15) is 36.8 Å². The second kappa shape index (κ2) is 10.7. The maximum atomic E-state index is 14.3. The highest BCUT2D eigenvalue weighted by molar-refractivity contribution is 6.05. The van der Waals surface area contributed by atoms with Crippen molar-refractivity contribution >= 4 is 29.7 Å². The fourth-order valence-corrected chi connectivity index (χ4v) is 4.71. The molecule has 0 radical (unpaired) electrons. The number of halogens is 2. The lowest BCUT2D eigenvalue weighted by molar-refractivity contribution is 0.102. The molecule has 0 saturated carbocycles. The molecule has 1 aromatic heterocycles. The standard InChI is InChI=1S/C27H31F2N7O2/c1-15(2)35(31-5)23-11-9-21(25(17(23)4)34-13-16(3)20(30)14-34)32-27(38)22-10-12-24(37)36(33-22)26-18(28)7-6-8-19(26)29/h6-12,15-16,20H,5,13-14,30H2,1-4H3,(H,32,38)/t16-,20+/m1/s1. The molecule has 4 rings (SSSR count). The first-order chi connectivity index (χ1) is 18.0. The molecule has 38 heavy (non-hydrogen) atoms. The molecular formula is C27H31F2N7O2. The number of anilines is 3. The Bertz CT molecular complexity index is 1410. The maximum absolute atomic E-state index is 14.3. The minimum absolute atomic E-state index is 0.0405. The topological polar surface area (TPSA) is 109 Å². The summed E-state index contributed by atoms with van der Waals surface area (Å²) in [4.78, 5) is 27.8. The Balaban J connectivity index is 1.76. The van der Waals surface area contributed by atoms with E-state index in [2.05, 4.69) is 34.1 Å². The van der Waals surface area contributed by atoms with Gasteiger partial charge in [0.15, 0.2) is 11.6 Å². The molecule has 1 fully saturated rings. The van der Waals surface area contributed by atoms with Crippen molar-refractivity contribution in [1.82, 2.24) is 9.78 Å². The molecule has 1 aliphatic rings. The van der Waals surface area contributed by atoms with Gasteiger partial charge in [0.05, 0.1) is 17.1 Å². The van der Waals surface area contributed by atoms with Crippen molar-refractivity contribution in [3.8, 4) is 5.69 Å². The predicted octanol–water partition coefficient (Wildman–Crippen LogP) is 3.69. The highest BCUT2D eigenvalue weighted by Gasteiger charge is 2.31. The van der Waals surface area contributed by atoms with Crippen molar-refractivity contribution in [1.29, 1.82) is 0 Å². The van der Waals surface area contributed by atoms with Gasteiger partial charge >= 0.3 is 0 Å². The Labute approximate surface area is 219 Å². The van der Waals surface area contributed by atoms with Crippen LogP contribution in [-0.2, 0) is 0 Å². The minimum atomic E-state index is -0.976. The second-order valence-corrected chi connectivity index (χ2v) is 9.72. The highest BCUT2D eigenvalue weighted by Crippen LogP contribution is 2.39. The Kier molecular flexibility index (Phi) is 7.58. The number of nitrogens with zero attached hydrogens (tertiary/aromatic N) is 5. The van der Waals surface area contributed by atoms with E-state index in [9.17, 15) is 18.4 Å². The predicted molar refractivity (Wildman–Crippen MR) is 145 cm³/mol. The van der Waals surface area contributed by atoms with E-state index < -0.39 is 28.8 Å². The van der Waals surface area contributed by atoms with E-state index in [-0.39, 0.29) is 23.7 Å². The number of carbonyl (C=O) groups is 1. The maximum Gasteiger partial charge on any atom is 0.276 e. The number of nitrogens with two attached hydrogens (primary N) is 1. The number of hydrogen-bond donors (Lipinski definition) is 2.